The molecule has 0 aliphatic carbocycles. The van der Waals surface area contributed by atoms with Gasteiger partial charge in [0.15, 0.2) is 10.3 Å². The third kappa shape index (κ3) is 2.93. The van der Waals surface area contributed by atoms with E-state index in [-0.39, 0.29) is 11.2 Å². The van der Waals surface area contributed by atoms with Gasteiger partial charge in [0.25, 0.3) is 0 Å². The molecule has 3 heterocycles. The minimum absolute atomic E-state index is 0.170. The van der Waals surface area contributed by atoms with Crippen LogP contribution in [-0.4, -0.2) is 48.6 Å². The molecule has 8 nitrogen and oxygen atoms in total. The van der Waals surface area contributed by atoms with Gasteiger partial charge >= 0.3 is 12.1 Å². The molecule has 4 amide bonds. The lowest BCUT2D eigenvalue weighted by Crippen LogP contribution is -2.43. The number of hydrogen-bond acceptors (Lipinski definition) is 5. The Morgan fingerprint density at radius 1 is 1.36 bits per heavy atom. The summed E-state index contributed by atoms with van der Waals surface area (Å²) in [5.41, 5.74) is 1.62. The molecule has 0 unspecified atom stereocenters. The smallest absolute Gasteiger partial charge is 0.328 e. The molecule has 1 aromatic carbocycles. The number of rotatable bonds is 1. The highest BCUT2D eigenvalue weighted by Crippen LogP contribution is 2.47. The Bertz CT molecular complexity index is 1000. The minimum Gasteiger partial charge on any atom is -0.341 e. The van der Waals surface area contributed by atoms with Gasteiger partial charge in [-0.15, -0.1) is 0 Å². The Morgan fingerprint density at radius 2 is 2.18 bits per heavy atom. The number of amides is 4. The molecular formula is C18H17FN6O2S. The van der Waals surface area contributed by atoms with E-state index in [0.29, 0.717) is 37.3 Å². The number of likely N-dealkylation sites (tertiary alicyclic amines) is 1. The summed E-state index contributed by atoms with van der Waals surface area (Å²) >= 11 is 0.753. The van der Waals surface area contributed by atoms with E-state index in [0.717, 1.165) is 23.1 Å². The lowest BCUT2D eigenvalue weighted by atomic mass is 9.81. The molecule has 0 bridgehead atoms. The molecule has 2 N–H and O–H groups in total. The van der Waals surface area contributed by atoms with Gasteiger partial charge in [-0.05, 0) is 30.2 Å². The maximum Gasteiger partial charge on any atom is 0.328 e. The quantitative estimate of drug-likeness (QED) is 0.768. The number of aromatic nitrogens is 1. The van der Waals surface area contributed by atoms with Crippen LogP contribution in [0.15, 0.2) is 24.4 Å². The Kier molecular flexibility index (Phi) is 4.39. The summed E-state index contributed by atoms with van der Waals surface area (Å²) < 4.78 is 13.2. The standard InChI is InChI=1S/C18H17FN6O2S/c1-21-16(26)24-5-4-18(9-24)10-25(13-3-2-11(7-20)6-12(13)18)17(27)23-15-22-8-14(19)28-15/h2-3,6,8H,4-5,9-10H2,1H3,(H,21,26)(H,22,23,27)/t18-/m1/s1. The number of nitrogens with zero attached hydrogens (tertiary/aromatic N) is 4. The molecule has 2 aliphatic heterocycles. The summed E-state index contributed by atoms with van der Waals surface area (Å²) in [7, 11) is 1.58. The molecule has 1 saturated heterocycles. The zero-order valence-corrected chi connectivity index (χ0v) is 15.8. The first-order valence-corrected chi connectivity index (χ1v) is 9.48. The van der Waals surface area contributed by atoms with Crippen molar-refractivity contribution in [2.24, 2.45) is 0 Å². The van der Waals surface area contributed by atoms with Crippen LogP contribution in [0.2, 0.25) is 0 Å². The molecule has 28 heavy (non-hydrogen) atoms. The predicted octanol–water partition coefficient (Wildman–Crippen LogP) is 2.49. The van der Waals surface area contributed by atoms with Crippen LogP contribution in [0.5, 0.6) is 0 Å². The maximum absolute atomic E-state index is 13.2. The maximum atomic E-state index is 13.2. The number of anilines is 2. The van der Waals surface area contributed by atoms with Crippen LogP contribution < -0.4 is 15.5 Å². The molecule has 1 fully saturated rings. The number of halogens is 1. The molecule has 1 aromatic heterocycles. The second-order valence-electron chi connectivity index (χ2n) is 6.84. The van der Waals surface area contributed by atoms with Gasteiger partial charge in [0, 0.05) is 37.8 Å². The molecule has 1 atom stereocenters. The molecule has 4 rings (SSSR count). The first kappa shape index (κ1) is 18.2. The number of carbonyl (C=O) groups excluding carboxylic acids is 2. The fraction of sp³-hybridized carbons (Fsp3) is 0.333. The van der Waals surface area contributed by atoms with Crippen LogP contribution in [0.25, 0.3) is 0 Å². The van der Waals surface area contributed by atoms with E-state index in [2.05, 4.69) is 21.7 Å². The van der Waals surface area contributed by atoms with Crippen LogP contribution >= 0.6 is 11.3 Å². The average Bonchev–Trinajstić information content (AvgIpc) is 3.40. The summed E-state index contributed by atoms with van der Waals surface area (Å²) in [5.74, 6) is 0. The third-order valence-corrected chi connectivity index (χ3v) is 5.94. The van der Waals surface area contributed by atoms with E-state index in [1.54, 1.807) is 35.0 Å². The first-order valence-electron chi connectivity index (χ1n) is 8.67. The first-order chi connectivity index (χ1) is 13.5. The Hall–Kier alpha value is -3.19. The van der Waals surface area contributed by atoms with Crippen molar-refractivity contribution in [1.29, 1.82) is 5.26 Å². The second kappa shape index (κ2) is 6.76. The van der Waals surface area contributed by atoms with Gasteiger partial charge in [0.1, 0.15) is 0 Å². The van der Waals surface area contributed by atoms with Crippen LogP contribution in [0.1, 0.15) is 17.5 Å². The average molecular weight is 400 g/mol. The van der Waals surface area contributed by atoms with Crippen molar-refractivity contribution in [2.75, 3.05) is 36.9 Å². The normalized spacial score (nSPS) is 20.2. The Balaban J connectivity index is 1.67. The van der Waals surface area contributed by atoms with Crippen molar-refractivity contribution in [3.63, 3.8) is 0 Å². The molecule has 1 spiro atoms. The summed E-state index contributed by atoms with van der Waals surface area (Å²) in [6, 6.07) is 6.74. The molecule has 144 valence electrons. The SMILES string of the molecule is CNC(=O)N1CC[C@@]2(C1)CN(C(=O)Nc1ncc(F)s1)c1ccc(C#N)cc12. The molecule has 0 saturated carbocycles. The number of hydrogen-bond donors (Lipinski definition) is 2. The van der Waals surface area contributed by atoms with Crippen molar-refractivity contribution < 1.29 is 14.0 Å². The third-order valence-electron chi connectivity index (χ3n) is 5.24. The summed E-state index contributed by atoms with van der Waals surface area (Å²) in [6.45, 7) is 1.37. The second-order valence-corrected chi connectivity index (χ2v) is 7.82. The molecule has 2 aliphatic rings. The van der Waals surface area contributed by atoms with Crippen molar-refractivity contribution in [2.45, 2.75) is 11.8 Å². The summed E-state index contributed by atoms with van der Waals surface area (Å²) in [4.78, 5) is 32.0. The number of nitrogens with one attached hydrogen (secondary N) is 2. The molecule has 0 radical (unpaired) electrons. The largest absolute Gasteiger partial charge is 0.341 e. The highest BCUT2D eigenvalue weighted by Gasteiger charge is 2.50. The van der Waals surface area contributed by atoms with Crippen LogP contribution in [0.4, 0.5) is 24.8 Å². The van der Waals surface area contributed by atoms with Crippen LogP contribution in [0.3, 0.4) is 0 Å². The molecule has 2 aromatic rings. The monoisotopic (exact) mass is 400 g/mol. The summed E-state index contributed by atoms with van der Waals surface area (Å²) in [6.07, 6.45) is 1.73. The predicted molar refractivity (Wildman–Crippen MR) is 102 cm³/mol. The van der Waals surface area contributed by atoms with E-state index >= 15 is 0 Å². The van der Waals surface area contributed by atoms with E-state index < -0.39 is 16.6 Å². The zero-order chi connectivity index (χ0) is 19.9. The highest BCUT2D eigenvalue weighted by atomic mass is 32.1. The topological polar surface area (TPSA) is 101 Å². The number of benzene rings is 1. The van der Waals surface area contributed by atoms with Gasteiger partial charge in [-0.2, -0.15) is 9.65 Å². The van der Waals surface area contributed by atoms with Crippen molar-refractivity contribution in [1.82, 2.24) is 15.2 Å². The fourth-order valence-electron chi connectivity index (χ4n) is 3.94. The van der Waals surface area contributed by atoms with Gasteiger partial charge in [-0.25, -0.2) is 14.6 Å². The van der Waals surface area contributed by atoms with Crippen LogP contribution in [0, 0.1) is 16.5 Å². The van der Waals surface area contributed by atoms with Gasteiger partial charge in [0.2, 0.25) is 0 Å². The number of nitriles is 1. The number of carbonyl (C=O) groups is 2. The van der Waals surface area contributed by atoms with Gasteiger partial charge in [-0.1, -0.05) is 11.3 Å². The van der Waals surface area contributed by atoms with Crippen LogP contribution in [-0.2, 0) is 5.41 Å². The van der Waals surface area contributed by atoms with Crippen molar-refractivity contribution >= 4 is 34.2 Å². The number of fused-ring (bicyclic) bond motifs is 2. The van der Waals surface area contributed by atoms with Crippen molar-refractivity contribution in [3.8, 4) is 6.07 Å². The Labute approximate surface area is 164 Å². The zero-order valence-electron chi connectivity index (χ0n) is 15.0. The molecule has 10 heteroatoms. The number of urea groups is 2. The summed E-state index contributed by atoms with van der Waals surface area (Å²) in [5, 5.41) is 14.2. The van der Waals surface area contributed by atoms with E-state index in [1.165, 1.54) is 0 Å². The minimum atomic E-state index is -0.482. The van der Waals surface area contributed by atoms with Gasteiger partial charge in [-0.3, -0.25) is 10.2 Å². The highest BCUT2D eigenvalue weighted by molar-refractivity contribution is 7.14. The van der Waals surface area contributed by atoms with Gasteiger partial charge < -0.3 is 10.2 Å². The Morgan fingerprint density at radius 3 is 2.86 bits per heavy atom. The van der Waals surface area contributed by atoms with Crippen molar-refractivity contribution in [3.05, 3.63) is 40.7 Å². The lowest BCUT2D eigenvalue weighted by molar-refractivity contribution is 0.208. The van der Waals surface area contributed by atoms with E-state index in [9.17, 15) is 19.2 Å². The lowest BCUT2D eigenvalue weighted by Gasteiger charge is -2.25. The van der Waals surface area contributed by atoms with Gasteiger partial charge in [0.05, 0.1) is 17.8 Å². The fourth-order valence-corrected chi connectivity index (χ4v) is 4.48. The number of thiazole rings is 1. The van der Waals surface area contributed by atoms with E-state index in [4.69, 9.17) is 0 Å². The molecular weight excluding hydrogens is 383 g/mol. The van der Waals surface area contributed by atoms with E-state index in [1.807, 2.05) is 0 Å².